The average molecular weight is 201 g/mol. The van der Waals surface area contributed by atoms with Crippen molar-refractivity contribution >= 4 is 8.32 Å². The Bertz CT molecular complexity index is 210. The van der Waals surface area contributed by atoms with Crippen LogP contribution in [-0.2, 0) is 4.43 Å². The number of hydrogen-bond donors (Lipinski definition) is 0. The van der Waals surface area contributed by atoms with Crippen LogP contribution in [0.5, 0.6) is 0 Å². The lowest BCUT2D eigenvalue weighted by atomic mass is 9.95. The van der Waals surface area contributed by atoms with E-state index in [1.54, 1.807) is 0 Å². The van der Waals surface area contributed by atoms with Crippen molar-refractivity contribution in [2.24, 2.45) is 10.5 Å². The van der Waals surface area contributed by atoms with Crippen LogP contribution in [0.4, 0.5) is 0 Å². The van der Waals surface area contributed by atoms with Gasteiger partial charge in [-0.05, 0) is 30.6 Å². The van der Waals surface area contributed by atoms with Gasteiger partial charge in [0, 0.05) is 4.91 Å². The normalized spacial score (nSPS) is 14.9. The van der Waals surface area contributed by atoms with Crippen molar-refractivity contribution in [1.82, 2.24) is 0 Å². The van der Waals surface area contributed by atoms with Gasteiger partial charge in [-0.2, -0.15) is 0 Å². The van der Waals surface area contributed by atoms with Crippen LogP contribution in [0.25, 0.3) is 10.4 Å². The monoisotopic (exact) mass is 201 g/mol. The molecule has 13 heavy (non-hydrogen) atoms. The number of hydrogen-bond acceptors (Lipinski definition) is 2. The van der Waals surface area contributed by atoms with Gasteiger partial charge in [-0.1, -0.05) is 25.9 Å². The molecule has 0 saturated heterocycles. The fourth-order valence-electron chi connectivity index (χ4n) is 0.755. The summed E-state index contributed by atoms with van der Waals surface area (Å²) >= 11 is 0. The third-order valence-corrected chi connectivity index (χ3v) is 2.29. The average Bonchev–Trinajstić information content (AvgIpc) is 1.81. The van der Waals surface area contributed by atoms with Gasteiger partial charge in [0.15, 0.2) is 8.32 Å². The highest BCUT2D eigenvalue weighted by Crippen LogP contribution is 2.26. The van der Waals surface area contributed by atoms with Gasteiger partial charge in [0.1, 0.15) is 6.23 Å². The molecule has 0 aromatic carbocycles. The van der Waals surface area contributed by atoms with E-state index in [1.165, 1.54) is 0 Å². The molecular formula is C8H19N3OSi. The van der Waals surface area contributed by atoms with Gasteiger partial charge in [0.25, 0.3) is 0 Å². The van der Waals surface area contributed by atoms with Gasteiger partial charge in [0.05, 0.1) is 0 Å². The first-order valence-corrected chi connectivity index (χ1v) is 7.79. The van der Waals surface area contributed by atoms with Crippen LogP contribution in [0.2, 0.25) is 19.6 Å². The molecule has 0 spiro atoms. The molecule has 4 nitrogen and oxygen atoms in total. The highest BCUT2D eigenvalue weighted by atomic mass is 28.4. The molecule has 1 atom stereocenters. The van der Waals surface area contributed by atoms with E-state index in [0.717, 1.165) is 0 Å². The van der Waals surface area contributed by atoms with E-state index in [4.69, 9.17) is 9.96 Å². The van der Waals surface area contributed by atoms with E-state index < -0.39 is 8.32 Å². The summed E-state index contributed by atoms with van der Waals surface area (Å²) in [6.45, 7) is 12.3. The first kappa shape index (κ1) is 12.5. The van der Waals surface area contributed by atoms with E-state index in [-0.39, 0.29) is 11.6 Å². The molecule has 0 saturated carbocycles. The van der Waals surface area contributed by atoms with Crippen molar-refractivity contribution in [3.8, 4) is 0 Å². The Morgan fingerprint density at radius 3 is 2.00 bits per heavy atom. The maximum absolute atomic E-state index is 8.39. The van der Waals surface area contributed by atoms with Crippen molar-refractivity contribution in [3.05, 3.63) is 10.4 Å². The van der Waals surface area contributed by atoms with E-state index >= 15 is 0 Å². The Hall–Kier alpha value is -0.513. The lowest BCUT2D eigenvalue weighted by Crippen LogP contribution is -2.37. The Morgan fingerprint density at radius 2 is 1.77 bits per heavy atom. The predicted octanol–water partition coefficient (Wildman–Crippen LogP) is 3.52. The molecule has 0 heterocycles. The van der Waals surface area contributed by atoms with Crippen LogP contribution in [0, 0.1) is 5.41 Å². The van der Waals surface area contributed by atoms with Crippen LogP contribution < -0.4 is 0 Å². The molecule has 5 heteroatoms. The van der Waals surface area contributed by atoms with Crippen molar-refractivity contribution < 1.29 is 4.43 Å². The minimum atomic E-state index is -1.63. The minimum Gasteiger partial charge on any atom is -0.408 e. The number of nitrogens with zero attached hydrogens (tertiary/aromatic N) is 3. The first-order valence-electron chi connectivity index (χ1n) is 4.39. The Labute approximate surface area is 81.0 Å². The highest BCUT2D eigenvalue weighted by Gasteiger charge is 2.29. The van der Waals surface area contributed by atoms with E-state index in [2.05, 4.69) is 29.7 Å². The summed E-state index contributed by atoms with van der Waals surface area (Å²) in [5.74, 6) is 0. The molecule has 0 amide bonds. The first-order chi connectivity index (χ1) is 5.67. The van der Waals surface area contributed by atoms with Crippen molar-refractivity contribution in [3.63, 3.8) is 0 Å². The summed E-state index contributed by atoms with van der Waals surface area (Å²) in [5, 5.41) is 3.67. The van der Waals surface area contributed by atoms with Gasteiger partial charge in [-0.15, -0.1) is 0 Å². The summed E-state index contributed by atoms with van der Waals surface area (Å²) in [6, 6.07) is 0. The van der Waals surface area contributed by atoms with Gasteiger partial charge in [-0.3, -0.25) is 0 Å². The molecule has 0 rings (SSSR count). The molecule has 0 radical (unpaired) electrons. The Kier molecular flexibility index (Phi) is 3.97. The fraction of sp³-hybridized carbons (Fsp3) is 1.00. The maximum atomic E-state index is 8.39. The maximum Gasteiger partial charge on any atom is 0.184 e. The summed E-state index contributed by atoms with van der Waals surface area (Å²) < 4.78 is 5.76. The van der Waals surface area contributed by atoms with Crippen LogP contribution in [0.3, 0.4) is 0 Å². The minimum absolute atomic E-state index is 0.132. The molecule has 0 N–H and O–H groups in total. The van der Waals surface area contributed by atoms with Crippen molar-refractivity contribution in [1.29, 1.82) is 0 Å². The van der Waals surface area contributed by atoms with Crippen molar-refractivity contribution in [2.75, 3.05) is 0 Å². The van der Waals surface area contributed by atoms with Gasteiger partial charge in [0.2, 0.25) is 0 Å². The highest BCUT2D eigenvalue weighted by molar-refractivity contribution is 6.69. The van der Waals surface area contributed by atoms with Gasteiger partial charge in [-0.25, -0.2) is 0 Å². The largest absolute Gasteiger partial charge is 0.408 e. The summed E-state index contributed by atoms with van der Waals surface area (Å²) in [7, 11) is -1.63. The molecule has 0 aromatic heterocycles. The number of rotatable bonds is 3. The standard InChI is InChI=1S/C8H19N3OSi/c1-8(2,3)7(10-11-9)12-13(4,5)6/h7H,1-6H3. The molecule has 76 valence electrons. The van der Waals surface area contributed by atoms with Crippen LogP contribution in [0.15, 0.2) is 5.11 Å². The van der Waals surface area contributed by atoms with Gasteiger partial charge < -0.3 is 4.43 Å². The molecule has 0 bridgehead atoms. The van der Waals surface area contributed by atoms with E-state index in [0.29, 0.717) is 0 Å². The molecule has 1 unspecified atom stereocenters. The molecular weight excluding hydrogens is 182 g/mol. The summed E-state index contributed by atoms with van der Waals surface area (Å²) in [5.41, 5.74) is 8.26. The summed E-state index contributed by atoms with van der Waals surface area (Å²) in [6.07, 6.45) is -0.357. The van der Waals surface area contributed by atoms with E-state index in [1.807, 2.05) is 20.8 Å². The zero-order valence-electron chi connectivity index (χ0n) is 9.33. The van der Waals surface area contributed by atoms with Crippen LogP contribution in [-0.4, -0.2) is 14.5 Å². The molecule has 0 fully saturated rings. The van der Waals surface area contributed by atoms with Gasteiger partial charge >= 0.3 is 0 Å². The smallest absolute Gasteiger partial charge is 0.184 e. The Morgan fingerprint density at radius 1 is 1.31 bits per heavy atom. The lowest BCUT2D eigenvalue weighted by Gasteiger charge is -2.32. The lowest BCUT2D eigenvalue weighted by molar-refractivity contribution is 0.0862. The number of azide groups is 1. The second kappa shape index (κ2) is 4.13. The fourth-order valence-corrected chi connectivity index (χ4v) is 1.83. The second-order valence-corrected chi connectivity index (χ2v) is 9.61. The Balaban J connectivity index is 4.55. The summed E-state index contributed by atoms with van der Waals surface area (Å²) in [4.78, 5) is 2.81. The van der Waals surface area contributed by atoms with Crippen LogP contribution >= 0.6 is 0 Å². The molecule has 0 aromatic rings. The second-order valence-electron chi connectivity index (χ2n) is 5.15. The third-order valence-electron chi connectivity index (χ3n) is 1.36. The zero-order chi connectivity index (χ0) is 10.7. The predicted molar refractivity (Wildman–Crippen MR) is 56.8 cm³/mol. The SMILES string of the molecule is CC(C)(C)C(N=[N+]=[N-])O[Si](C)(C)C. The third kappa shape index (κ3) is 5.68. The topological polar surface area (TPSA) is 58.0 Å². The van der Waals surface area contributed by atoms with Crippen molar-refractivity contribution in [2.45, 2.75) is 46.6 Å². The molecule has 0 aliphatic rings. The molecule has 0 aliphatic heterocycles. The zero-order valence-corrected chi connectivity index (χ0v) is 10.3. The van der Waals surface area contributed by atoms with Crippen LogP contribution in [0.1, 0.15) is 20.8 Å². The molecule has 0 aliphatic carbocycles. The quantitative estimate of drug-likeness (QED) is 0.298. The van der Waals surface area contributed by atoms with E-state index in [9.17, 15) is 0 Å².